The van der Waals surface area contributed by atoms with Crippen molar-refractivity contribution in [3.63, 3.8) is 0 Å². The second kappa shape index (κ2) is 8.34. The summed E-state index contributed by atoms with van der Waals surface area (Å²) in [5, 5.41) is 16.6. The molecule has 2 aromatic carbocycles. The minimum atomic E-state index is 0.783. The lowest BCUT2D eigenvalue weighted by Gasteiger charge is -2.06. The zero-order valence-corrected chi connectivity index (χ0v) is 19.2. The van der Waals surface area contributed by atoms with Crippen LogP contribution in [0.5, 0.6) is 0 Å². The fraction of sp³-hybridized carbons (Fsp3) is 0.174. The molecular weight excluding hydrogens is 428 g/mol. The average Bonchev–Trinajstić information content (AvgIpc) is 3.50. The van der Waals surface area contributed by atoms with Crippen LogP contribution in [0.4, 0.5) is 0 Å². The molecular formula is C23H20N4S3. The Balaban J connectivity index is 1.37. The fourth-order valence-corrected chi connectivity index (χ4v) is 6.14. The molecule has 0 spiro atoms. The topological polar surface area (TPSA) is 43.6 Å². The van der Waals surface area contributed by atoms with Gasteiger partial charge in [0.1, 0.15) is 5.01 Å². The number of hydrogen-bond acceptors (Lipinski definition) is 6. The number of hydrogen-bond donors (Lipinski definition) is 0. The van der Waals surface area contributed by atoms with E-state index in [1.54, 1.807) is 34.4 Å². The third kappa shape index (κ3) is 3.69. The second-order valence-electron chi connectivity index (χ2n) is 6.99. The van der Waals surface area contributed by atoms with Gasteiger partial charge in [0.15, 0.2) is 11.0 Å². The van der Waals surface area contributed by atoms with E-state index in [0.29, 0.717) is 0 Å². The highest BCUT2D eigenvalue weighted by Gasteiger charge is 2.17. The van der Waals surface area contributed by atoms with Gasteiger partial charge in [0.05, 0.1) is 5.69 Å². The van der Waals surface area contributed by atoms with Crippen LogP contribution in [0.25, 0.3) is 32.0 Å². The van der Waals surface area contributed by atoms with Gasteiger partial charge in [-0.15, -0.1) is 32.9 Å². The van der Waals surface area contributed by atoms with Crippen LogP contribution in [-0.2, 0) is 12.3 Å². The molecule has 3 aromatic heterocycles. The lowest BCUT2D eigenvalue weighted by Crippen LogP contribution is -1.99. The SMILES string of the molecule is CCn1c(SCc2csc(-c3ccc(C)cc3)n2)nnc1-c1csc2ccccc12. The van der Waals surface area contributed by atoms with Crippen molar-refractivity contribution in [1.29, 1.82) is 0 Å². The standard InChI is InChI=1S/C23H20N4S3/c1-3-27-21(19-14-28-20-7-5-4-6-18(19)20)25-26-23(27)30-13-17-12-29-22(24-17)16-10-8-15(2)9-11-16/h4-12,14H,3,13H2,1-2H3. The number of fused-ring (bicyclic) bond motifs is 1. The normalized spacial score (nSPS) is 11.4. The van der Waals surface area contributed by atoms with E-state index >= 15 is 0 Å². The maximum absolute atomic E-state index is 4.82. The first-order chi connectivity index (χ1) is 14.7. The lowest BCUT2D eigenvalue weighted by molar-refractivity contribution is 0.687. The average molecular weight is 449 g/mol. The number of thioether (sulfide) groups is 1. The highest BCUT2D eigenvalue weighted by atomic mass is 32.2. The van der Waals surface area contributed by atoms with E-state index in [2.05, 4.69) is 87.9 Å². The van der Waals surface area contributed by atoms with Crippen LogP contribution in [0.3, 0.4) is 0 Å². The summed E-state index contributed by atoms with van der Waals surface area (Å²) in [7, 11) is 0. The Bertz CT molecular complexity index is 1300. The number of rotatable bonds is 6. The molecule has 0 aliphatic carbocycles. The molecule has 0 amide bonds. The van der Waals surface area contributed by atoms with Gasteiger partial charge < -0.3 is 4.57 Å². The van der Waals surface area contributed by atoms with Crippen LogP contribution >= 0.6 is 34.4 Å². The Morgan fingerprint density at radius 2 is 1.80 bits per heavy atom. The number of aryl methyl sites for hydroxylation is 1. The Kier molecular flexibility index (Phi) is 5.41. The zero-order chi connectivity index (χ0) is 20.5. The minimum absolute atomic E-state index is 0.783. The van der Waals surface area contributed by atoms with Crippen molar-refractivity contribution in [1.82, 2.24) is 19.7 Å². The van der Waals surface area contributed by atoms with Crippen LogP contribution in [-0.4, -0.2) is 19.7 Å². The molecule has 0 aliphatic heterocycles. The van der Waals surface area contributed by atoms with Gasteiger partial charge in [-0.3, -0.25) is 0 Å². The van der Waals surface area contributed by atoms with E-state index < -0.39 is 0 Å². The maximum Gasteiger partial charge on any atom is 0.191 e. The predicted octanol–water partition coefficient (Wildman–Crippen LogP) is 6.90. The van der Waals surface area contributed by atoms with Crippen molar-refractivity contribution in [2.75, 3.05) is 0 Å². The molecule has 4 nitrogen and oxygen atoms in total. The smallest absolute Gasteiger partial charge is 0.191 e. The molecule has 150 valence electrons. The first-order valence-electron chi connectivity index (χ1n) is 9.77. The summed E-state index contributed by atoms with van der Waals surface area (Å²) in [5.74, 6) is 1.72. The molecule has 0 saturated carbocycles. The van der Waals surface area contributed by atoms with E-state index in [9.17, 15) is 0 Å². The summed E-state index contributed by atoms with van der Waals surface area (Å²) >= 11 is 5.14. The van der Waals surface area contributed by atoms with Gasteiger partial charge in [-0.2, -0.15) is 0 Å². The van der Waals surface area contributed by atoms with Crippen LogP contribution < -0.4 is 0 Å². The molecule has 5 rings (SSSR count). The Labute approximate surface area is 187 Å². The summed E-state index contributed by atoms with van der Waals surface area (Å²) in [6, 6.07) is 17.0. The number of thiophene rings is 1. The molecule has 3 heterocycles. The molecule has 0 saturated heterocycles. The Hall–Kier alpha value is -2.48. The first-order valence-corrected chi connectivity index (χ1v) is 12.5. The first kappa shape index (κ1) is 19.5. The van der Waals surface area contributed by atoms with Crippen molar-refractivity contribution in [3.8, 4) is 22.0 Å². The number of nitrogens with zero attached hydrogens (tertiary/aromatic N) is 4. The second-order valence-corrected chi connectivity index (χ2v) is 9.71. The van der Waals surface area contributed by atoms with Crippen molar-refractivity contribution in [2.45, 2.75) is 31.3 Å². The summed E-state index contributed by atoms with van der Waals surface area (Å²) in [5.41, 5.74) is 4.67. The molecule has 0 atom stereocenters. The van der Waals surface area contributed by atoms with Gasteiger partial charge in [-0.25, -0.2) is 4.98 Å². The van der Waals surface area contributed by atoms with E-state index in [1.807, 2.05) is 0 Å². The highest BCUT2D eigenvalue weighted by molar-refractivity contribution is 7.98. The summed E-state index contributed by atoms with van der Waals surface area (Å²) < 4.78 is 3.48. The summed E-state index contributed by atoms with van der Waals surface area (Å²) in [4.78, 5) is 4.82. The van der Waals surface area contributed by atoms with Crippen molar-refractivity contribution < 1.29 is 0 Å². The number of aromatic nitrogens is 4. The summed E-state index contributed by atoms with van der Waals surface area (Å²) in [6.07, 6.45) is 0. The van der Waals surface area contributed by atoms with E-state index in [-0.39, 0.29) is 0 Å². The monoisotopic (exact) mass is 448 g/mol. The Morgan fingerprint density at radius 3 is 2.63 bits per heavy atom. The van der Waals surface area contributed by atoms with Gasteiger partial charge in [0, 0.05) is 44.3 Å². The van der Waals surface area contributed by atoms with Crippen LogP contribution in [0.1, 0.15) is 18.2 Å². The predicted molar refractivity (Wildman–Crippen MR) is 128 cm³/mol. The van der Waals surface area contributed by atoms with E-state index in [4.69, 9.17) is 4.98 Å². The molecule has 30 heavy (non-hydrogen) atoms. The fourth-order valence-electron chi connectivity index (χ4n) is 3.37. The molecule has 0 aliphatic rings. The van der Waals surface area contributed by atoms with E-state index in [1.165, 1.54) is 21.2 Å². The van der Waals surface area contributed by atoms with Crippen molar-refractivity contribution in [3.05, 3.63) is 70.5 Å². The maximum atomic E-state index is 4.82. The largest absolute Gasteiger partial charge is 0.302 e. The van der Waals surface area contributed by atoms with E-state index in [0.717, 1.165) is 39.5 Å². The highest BCUT2D eigenvalue weighted by Crippen LogP contribution is 2.35. The van der Waals surface area contributed by atoms with Crippen LogP contribution in [0, 0.1) is 6.92 Å². The van der Waals surface area contributed by atoms with Crippen molar-refractivity contribution >= 4 is 44.5 Å². The van der Waals surface area contributed by atoms with Crippen molar-refractivity contribution in [2.24, 2.45) is 0 Å². The minimum Gasteiger partial charge on any atom is -0.302 e. The quantitative estimate of drug-likeness (QED) is 0.265. The molecule has 0 bridgehead atoms. The third-order valence-electron chi connectivity index (χ3n) is 4.95. The molecule has 0 N–H and O–H groups in total. The Morgan fingerprint density at radius 1 is 0.967 bits per heavy atom. The molecule has 7 heteroatoms. The number of thiazole rings is 1. The number of benzene rings is 2. The zero-order valence-electron chi connectivity index (χ0n) is 16.7. The van der Waals surface area contributed by atoms with Gasteiger partial charge in [-0.05, 0) is 19.9 Å². The van der Waals surface area contributed by atoms with Gasteiger partial charge in [-0.1, -0.05) is 59.8 Å². The van der Waals surface area contributed by atoms with Gasteiger partial charge >= 0.3 is 0 Å². The van der Waals surface area contributed by atoms with Crippen LogP contribution in [0.15, 0.2) is 64.4 Å². The van der Waals surface area contributed by atoms with Crippen LogP contribution in [0.2, 0.25) is 0 Å². The molecule has 0 unspecified atom stereocenters. The summed E-state index contributed by atoms with van der Waals surface area (Å²) in [6.45, 7) is 5.08. The lowest BCUT2D eigenvalue weighted by atomic mass is 10.1. The third-order valence-corrected chi connectivity index (χ3v) is 7.86. The molecule has 0 radical (unpaired) electrons. The molecule has 0 fully saturated rings. The van der Waals surface area contributed by atoms with Gasteiger partial charge in [0.25, 0.3) is 0 Å². The molecule has 5 aromatic rings. The van der Waals surface area contributed by atoms with Gasteiger partial charge in [0.2, 0.25) is 0 Å².